The van der Waals surface area contributed by atoms with Crippen LogP contribution >= 0.6 is 0 Å². The van der Waals surface area contributed by atoms with Crippen molar-refractivity contribution in [3.05, 3.63) is 41.6 Å². The summed E-state index contributed by atoms with van der Waals surface area (Å²) >= 11 is 0. The van der Waals surface area contributed by atoms with E-state index in [9.17, 15) is 0 Å². The van der Waals surface area contributed by atoms with Crippen molar-refractivity contribution >= 4 is 17.5 Å². The molecule has 1 N–H and O–H groups in total. The summed E-state index contributed by atoms with van der Waals surface area (Å²) in [4.78, 5) is 11.8. The molecule has 0 amide bonds. The lowest BCUT2D eigenvalue weighted by Crippen LogP contribution is -2.35. The van der Waals surface area contributed by atoms with Gasteiger partial charge in [0.1, 0.15) is 5.82 Å². The molecule has 0 radical (unpaired) electrons. The zero-order valence-electron chi connectivity index (χ0n) is 16.1. The summed E-state index contributed by atoms with van der Waals surface area (Å²) in [5.41, 5.74) is 3.49. The number of nitrogens with zero attached hydrogens (tertiary/aromatic N) is 3. The summed E-state index contributed by atoms with van der Waals surface area (Å²) in [7, 11) is 0. The third kappa shape index (κ3) is 4.30. The van der Waals surface area contributed by atoms with Crippen LogP contribution < -0.4 is 10.2 Å². The van der Waals surface area contributed by atoms with Crippen LogP contribution in [-0.4, -0.2) is 23.1 Å². The number of hydrogen-bond donors (Lipinski definition) is 1. The molecule has 1 fully saturated rings. The van der Waals surface area contributed by atoms with E-state index in [1.807, 2.05) is 13.0 Å². The van der Waals surface area contributed by atoms with Gasteiger partial charge >= 0.3 is 0 Å². The summed E-state index contributed by atoms with van der Waals surface area (Å²) < 4.78 is 0. The third-order valence-electron chi connectivity index (χ3n) is 4.78. The quantitative estimate of drug-likeness (QED) is 0.849. The van der Waals surface area contributed by atoms with Crippen LogP contribution in [0.3, 0.4) is 0 Å². The Morgan fingerprint density at radius 3 is 2.64 bits per heavy atom. The first-order valence-electron chi connectivity index (χ1n) is 9.30. The van der Waals surface area contributed by atoms with Gasteiger partial charge in [0.25, 0.3) is 0 Å². The lowest BCUT2D eigenvalue weighted by molar-refractivity contribution is 0.442. The molecule has 1 unspecified atom stereocenters. The van der Waals surface area contributed by atoms with Crippen molar-refractivity contribution in [2.24, 2.45) is 5.92 Å². The minimum atomic E-state index is 0.0802. The van der Waals surface area contributed by atoms with Crippen molar-refractivity contribution in [1.82, 2.24) is 9.97 Å². The summed E-state index contributed by atoms with van der Waals surface area (Å²) in [6.45, 7) is 13.1. The molecule has 25 heavy (non-hydrogen) atoms. The van der Waals surface area contributed by atoms with E-state index in [0.29, 0.717) is 5.92 Å². The Morgan fingerprint density at radius 1 is 1.16 bits per heavy atom. The van der Waals surface area contributed by atoms with Gasteiger partial charge in [-0.1, -0.05) is 45.9 Å². The van der Waals surface area contributed by atoms with E-state index in [0.717, 1.165) is 36.2 Å². The van der Waals surface area contributed by atoms with Crippen molar-refractivity contribution in [2.75, 3.05) is 23.3 Å². The lowest BCUT2D eigenvalue weighted by Gasteiger charge is -2.31. The van der Waals surface area contributed by atoms with Crippen LogP contribution in [0.15, 0.2) is 30.3 Å². The molecule has 1 aromatic carbocycles. The van der Waals surface area contributed by atoms with Crippen LogP contribution in [0.2, 0.25) is 0 Å². The normalized spacial score (nSPS) is 18.3. The predicted molar refractivity (Wildman–Crippen MR) is 106 cm³/mol. The average Bonchev–Trinajstić information content (AvgIpc) is 2.54. The van der Waals surface area contributed by atoms with Crippen LogP contribution in [0.4, 0.5) is 17.5 Å². The topological polar surface area (TPSA) is 41.1 Å². The van der Waals surface area contributed by atoms with E-state index < -0.39 is 0 Å². The summed E-state index contributed by atoms with van der Waals surface area (Å²) in [5.74, 6) is 2.43. The highest BCUT2D eigenvalue weighted by Crippen LogP contribution is 2.31. The summed E-state index contributed by atoms with van der Waals surface area (Å²) in [6, 6.07) is 10.5. The lowest BCUT2D eigenvalue weighted by atomic mass is 9.86. The number of benzene rings is 1. The van der Waals surface area contributed by atoms with Crippen LogP contribution in [0.25, 0.3) is 0 Å². The largest absolute Gasteiger partial charge is 0.340 e. The molecule has 1 aliphatic heterocycles. The first kappa shape index (κ1) is 17.7. The first-order chi connectivity index (χ1) is 11.8. The number of aryl methyl sites for hydroxylation is 1. The number of para-hydroxylation sites is 1. The van der Waals surface area contributed by atoms with Crippen LogP contribution in [0.1, 0.15) is 51.8 Å². The number of aromatic nitrogens is 2. The van der Waals surface area contributed by atoms with E-state index >= 15 is 0 Å². The van der Waals surface area contributed by atoms with Crippen molar-refractivity contribution < 1.29 is 0 Å². The second-order valence-corrected chi connectivity index (χ2v) is 8.31. The minimum absolute atomic E-state index is 0.0802. The molecule has 0 saturated carbocycles. The van der Waals surface area contributed by atoms with Crippen LogP contribution in [0.5, 0.6) is 0 Å². The van der Waals surface area contributed by atoms with Gasteiger partial charge < -0.3 is 10.2 Å². The Hall–Kier alpha value is -2.10. The van der Waals surface area contributed by atoms with E-state index in [1.54, 1.807) is 0 Å². The molecular weight excluding hydrogens is 308 g/mol. The fraction of sp³-hybridized carbons (Fsp3) is 0.524. The van der Waals surface area contributed by atoms with Gasteiger partial charge in [0.15, 0.2) is 0 Å². The Morgan fingerprint density at radius 2 is 1.92 bits per heavy atom. The summed E-state index contributed by atoms with van der Waals surface area (Å²) in [5, 5.41) is 3.53. The Labute approximate surface area is 151 Å². The zero-order chi connectivity index (χ0) is 18.0. The van der Waals surface area contributed by atoms with Gasteiger partial charge in [0.05, 0.1) is 0 Å². The van der Waals surface area contributed by atoms with E-state index in [-0.39, 0.29) is 5.41 Å². The van der Waals surface area contributed by atoms with E-state index in [2.05, 4.69) is 67.2 Å². The SMILES string of the molecule is Cc1cc(Nc2ccccc2C(C)(C)C)nc(N2CCCC(C)C2)n1. The molecule has 1 aliphatic rings. The van der Waals surface area contributed by atoms with Gasteiger partial charge in [0.2, 0.25) is 5.95 Å². The monoisotopic (exact) mass is 338 g/mol. The molecule has 1 aromatic heterocycles. The molecular formula is C21H30N4. The second kappa shape index (κ2) is 7.03. The first-order valence-corrected chi connectivity index (χ1v) is 9.30. The number of anilines is 3. The number of rotatable bonds is 3. The Kier molecular flexibility index (Phi) is 4.98. The molecule has 2 aromatic rings. The highest BCUT2D eigenvalue weighted by molar-refractivity contribution is 5.63. The maximum atomic E-state index is 4.81. The number of nitrogens with one attached hydrogen (secondary N) is 1. The molecule has 1 saturated heterocycles. The standard InChI is InChI=1S/C21H30N4/c1-15-9-8-12-25(14-15)20-22-16(2)13-19(24-20)23-18-11-7-6-10-17(18)21(3,4)5/h6-7,10-11,13,15H,8-9,12,14H2,1-5H3,(H,22,23,24). The van der Waals surface area contributed by atoms with E-state index in [1.165, 1.54) is 18.4 Å². The fourth-order valence-electron chi connectivity index (χ4n) is 3.51. The molecule has 3 rings (SSSR count). The van der Waals surface area contributed by atoms with Gasteiger partial charge in [-0.2, -0.15) is 4.98 Å². The number of hydrogen-bond acceptors (Lipinski definition) is 4. The van der Waals surface area contributed by atoms with Crippen molar-refractivity contribution in [3.63, 3.8) is 0 Å². The molecule has 1 atom stereocenters. The number of piperidine rings is 1. The molecule has 4 heteroatoms. The molecule has 0 aliphatic carbocycles. The van der Waals surface area contributed by atoms with Crippen molar-refractivity contribution in [1.29, 1.82) is 0 Å². The molecule has 2 heterocycles. The average molecular weight is 338 g/mol. The van der Waals surface area contributed by atoms with E-state index in [4.69, 9.17) is 4.98 Å². The van der Waals surface area contributed by atoms with Gasteiger partial charge in [-0.25, -0.2) is 4.98 Å². The maximum absolute atomic E-state index is 4.81. The smallest absolute Gasteiger partial charge is 0.227 e. The Bertz CT molecular complexity index is 733. The zero-order valence-corrected chi connectivity index (χ0v) is 16.1. The van der Waals surface area contributed by atoms with Crippen molar-refractivity contribution in [3.8, 4) is 0 Å². The maximum Gasteiger partial charge on any atom is 0.227 e. The highest BCUT2D eigenvalue weighted by Gasteiger charge is 2.20. The molecule has 0 spiro atoms. The van der Waals surface area contributed by atoms with Gasteiger partial charge in [-0.3, -0.25) is 0 Å². The molecule has 0 bridgehead atoms. The molecule has 4 nitrogen and oxygen atoms in total. The van der Waals surface area contributed by atoms with Crippen LogP contribution in [-0.2, 0) is 5.41 Å². The second-order valence-electron chi connectivity index (χ2n) is 8.31. The molecule has 134 valence electrons. The van der Waals surface area contributed by atoms with Gasteiger partial charge in [0, 0.05) is 30.5 Å². The van der Waals surface area contributed by atoms with Crippen molar-refractivity contribution in [2.45, 2.75) is 52.9 Å². The third-order valence-corrected chi connectivity index (χ3v) is 4.78. The predicted octanol–water partition coefficient (Wildman–Crippen LogP) is 5.06. The van der Waals surface area contributed by atoms with Gasteiger partial charge in [-0.05, 0) is 42.7 Å². The fourth-order valence-corrected chi connectivity index (χ4v) is 3.51. The highest BCUT2D eigenvalue weighted by atomic mass is 15.3. The Balaban J connectivity index is 1.89. The van der Waals surface area contributed by atoms with Crippen LogP contribution in [0, 0.1) is 12.8 Å². The summed E-state index contributed by atoms with van der Waals surface area (Å²) in [6.07, 6.45) is 2.51. The van der Waals surface area contributed by atoms with Gasteiger partial charge in [-0.15, -0.1) is 0 Å². The minimum Gasteiger partial charge on any atom is -0.340 e.